The third-order valence-electron chi connectivity index (χ3n) is 3.87. The van der Waals surface area contributed by atoms with Crippen LogP contribution in [-0.2, 0) is 13.0 Å². The van der Waals surface area contributed by atoms with Crippen molar-refractivity contribution in [3.8, 4) is 0 Å². The fourth-order valence-corrected chi connectivity index (χ4v) is 2.53. The summed E-state index contributed by atoms with van der Waals surface area (Å²) in [5.41, 5.74) is 4.34. The van der Waals surface area contributed by atoms with Gasteiger partial charge in [0.1, 0.15) is 0 Å². The highest BCUT2D eigenvalue weighted by Gasteiger charge is 2.08. The lowest BCUT2D eigenvalue weighted by atomic mass is 10.1. The summed E-state index contributed by atoms with van der Waals surface area (Å²) < 4.78 is 2.27. The Bertz CT molecular complexity index is 672. The van der Waals surface area contributed by atoms with Gasteiger partial charge in [0, 0.05) is 18.9 Å². The SMILES string of the molecule is C(CCc1ccccccn(Cc2ccccc2)c1)=C1CC1. The molecule has 0 saturated heterocycles. The number of aromatic nitrogens is 1. The third-order valence-corrected chi connectivity index (χ3v) is 3.87. The van der Waals surface area contributed by atoms with Gasteiger partial charge in [-0.3, -0.25) is 0 Å². The van der Waals surface area contributed by atoms with Gasteiger partial charge in [0.2, 0.25) is 0 Å². The van der Waals surface area contributed by atoms with E-state index < -0.39 is 0 Å². The molecule has 1 heterocycles. The zero-order valence-corrected chi connectivity index (χ0v) is 13.0. The lowest BCUT2D eigenvalue weighted by Crippen LogP contribution is -1.99. The number of rotatable bonds is 5. The average Bonchev–Trinajstić information content (AvgIpc) is 3.33. The monoisotopic (exact) mass is 289 g/mol. The maximum absolute atomic E-state index is 2.41. The van der Waals surface area contributed by atoms with E-state index in [0.717, 1.165) is 19.4 Å². The molecule has 1 aromatic heterocycles. The largest absolute Gasteiger partial charge is 0.350 e. The van der Waals surface area contributed by atoms with Crippen LogP contribution < -0.4 is 0 Å². The van der Waals surface area contributed by atoms with E-state index in [1.807, 2.05) is 0 Å². The number of hydrogen-bond donors (Lipinski definition) is 0. The van der Waals surface area contributed by atoms with Gasteiger partial charge in [-0.1, -0.05) is 66.2 Å². The third kappa shape index (κ3) is 4.92. The molecule has 1 aliphatic rings. The van der Waals surface area contributed by atoms with Crippen LogP contribution in [0.15, 0.2) is 84.7 Å². The van der Waals surface area contributed by atoms with Crippen LogP contribution in [0.4, 0.5) is 0 Å². The minimum atomic E-state index is 0.906. The van der Waals surface area contributed by atoms with Crippen LogP contribution in [-0.4, -0.2) is 4.57 Å². The molecule has 1 fully saturated rings. The number of allylic oxidation sites excluding steroid dienone is 2. The first-order valence-corrected chi connectivity index (χ1v) is 8.10. The molecule has 1 saturated carbocycles. The summed E-state index contributed by atoms with van der Waals surface area (Å²) in [5, 5.41) is 0. The predicted octanol–water partition coefficient (Wildman–Crippen LogP) is 5.31. The smallest absolute Gasteiger partial charge is 0.0470 e. The molecular weight excluding hydrogens is 266 g/mol. The highest BCUT2D eigenvalue weighted by atomic mass is 14.9. The highest BCUT2D eigenvalue weighted by Crippen LogP contribution is 2.28. The van der Waals surface area contributed by atoms with Crippen LogP contribution >= 0.6 is 0 Å². The molecule has 0 N–H and O–H groups in total. The van der Waals surface area contributed by atoms with Crippen molar-refractivity contribution < 1.29 is 0 Å². The Morgan fingerprint density at radius 2 is 1.50 bits per heavy atom. The molecule has 2 aromatic rings. The van der Waals surface area contributed by atoms with Crippen molar-refractivity contribution in [2.24, 2.45) is 0 Å². The normalized spacial score (nSPS) is 12.6. The molecular formula is C21H23N. The van der Waals surface area contributed by atoms with Gasteiger partial charge in [0.05, 0.1) is 0 Å². The Labute approximate surface area is 133 Å². The maximum atomic E-state index is 2.41. The first-order chi connectivity index (χ1) is 10.9. The van der Waals surface area contributed by atoms with Gasteiger partial charge in [-0.15, -0.1) is 0 Å². The van der Waals surface area contributed by atoms with E-state index >= 15 is 0 Å². The van der Waals surface area contributed by atoms with Gasteiger partial charge in [0.15, 0.2) is 0 Å². The van der Waals surface area contributed by atoms with Gasteiger partial charge in [-0.25, -0.2) is 0 Å². The summed E-state index contributed by atoms with van der Waals surface area (Å²) in [6, 6.07) is 21.2. The molecule has 22 heavy (non-hydrogen) atoms. The summed E-state index contributed by atoms with van der Waals surface area (Å²) >= 11 is 0. The van der Waals surface area contributed by atoms with Crippen molar-refractivity contribution in [3.05, 3.63) is 95.8 Å². The summed E-state index contributed by atoms with van der Waals surface area (Å²) in [5.74, 6) is 0. The van der Waals surface area contributed by atoms with Gasteiger partial charge in [0.25, 0.3) is 0 Å². The van der Waals surface area contributed by atoms with E-state index in [1.54, 1.807) is 5.57 Å². The second-order valence-corrected chi connectivity index (χ2v) is 5.85. The van der Waals surface area contributed by atoms with Crippen molar-refractivity contribution in [2.45, 2.75) is 32.2 Å². The topological polar surface area (TPSA) is 4.93 Å². The molecule has 1 heteroatoms. The van der Waals surface area contributed by atoms with Crippen molar-refractivity contribution in [1.29, 1.82) is 0 Å². The molecule has 0 radical (unpaired) electrons. The molecule has 112 valence electrons. The van der Waals surface area contributed by atoms with E-state index in [2.05, 4.69) is 83.7 Å². The molecule has 0 amide bonds. The van der Waals surface area contributed by atoms with E-state index in [1.165, 1.54) is 24.0 Å². The van der Waals surface area contributed by atoms with E-state index in [-0.39, 0.29) is 0 Å². The number of nitrogens with zero attached hydrogens (tertiary/aromatic N) is 1. The van der Waals surface area contributed by atoms with E-state index in [0.29, 0.717) is 0 Å². The molecule has 0 unspecified atom stereocenters. The van der Waals surface area contributed by atoms with Crippen molar-refractivity contribution >= 4 is 0 Å². The Balaban J connectivity index is 1.81. The maximum Gasteiger partial charge on any atom is 0.0470 e. The van der Waals surface area contributed by atoms with Gasteiger partial charge in [-0.2, -0.15) is 0 Å². The van der Waals surface area contributed by atoms with Gasteiger partial charge < -0.3 is 4.57 Å². The number of aryl methyl sites for hydroxylation is 1. The zero-order valence-electron chi connectivity index (χ0n) is 13.0. The number of hydrogen-bond acceptors (Lipinski definition) is 0. The van der Waals surface area contributed by atoms with E-state index in [4.69, 9.17) is 0 Å². The molecule has 0 aliphatic heterocycles. The first kappa shape index (κ1) is 14.6. The summed E-state index contributed by atoms with van der Waals surface area (Å²) in [4.78, 5) is 0. The second-order valence-electron chi connectivity index (χ2n) is 5.85. The highest BCUT2D eigenvalue weighted by molar-refractivity contribution is 5.19. The van der Waals surface area contributed by atoms with Crippen LogP contribution in [0.1, 0.15) is 30.4 Å². The predicted molar refractivity (Wildman–Crippen MR) is 93.2 cm³/mol. The van der Waals surface area contributed by atoms with Crippen molar-refractivity contribution in [2.75, 3.05) is 0 Å². The van der Waals surface area contributed by atoms with Crippen LogP contribution in [0, 0.1) is 0 Å². The molecule has 1 aliphatic carbocycles. The second kappa shape index (κ2) is 7.65. The molecule has 0 bridgehead atoms. The van der Waals surface area contributed by atoms with Crippen molar-refractivity contribution in [3.63, 3.8) is 0 Å². The fourth-order valence-electron chi connectivity index (χ4n) is 2.53. The molecule has 1 aromatic carbocycles. The Morgan fingerprint density at radius 1 is 0.818 bits per heavy atom. The molecule has 3 rings (SSSR count). The fraction of sp³-hybridized carbons (Fsp3) is 0.238. The van der Waals surface area contributed by atoms with Crippen LogP contribution in [0.5, 0.6) is 0 Å². The Kier molecular flexibility index (Phi) is 5.09. The summed E-state index contributed by atoms with van der Waals surface area (Å²) in [6.07, 6.45) is 11.7. The average molecular weight is 289 g/mol. The lowest BCUT2D eigenvalue weighted by Gasteiger charge is -2.06. The number of benzene rings is 1. The summed E-state index contributed by atoms with van der Waals surface area (Å²) in [7, 11) is 0. The molecule has 0 atom stereocenters. The Hall–Kier alpha value is -2.28. The zero-order chi connectivity index (χ0) is 15.0. The quantitative estimate of drug-likeness (QED) is 0.657. The minimum absolute atomic E-state index is 0.906. The van der Waals surface area contributed by atoms with Crippen LogP contribution in [0.25, 0.3) is 0 Å². The molecule has 1 nitrogen and oxygen atoms in total. The standard InChI is InChI=1S/C21H23N/c1-2-7-16-22(17-20-10-5-3-6-11-20)18-21(9-4-1)13-8-12-19-14-15-19/h1-7,9-12,16,18H,8,13-15,17H2. The Morgan fingerprint density at radius 3 is 2.27 bits per heavy atom. The van der Waals surface area contributed by atoms with Crippen LogP contribution in [0.3, 0.4) is 0 Å². The van der Waals surface area contributed by atoms with Crippen LogP contribution in [0.2, 0.25) is 0 Å². The van der Waals surface area contributed by atoms with Gasteiger partial charge in [-0.05, 0) is 42.9 Å². The first-order valence-electron chi connectivity index (χ1n) is 8.10. The van der Waals surface area contributed by atoms with Crippen molar-refractivity contribution in [1.82, 2.24) is 4.57 Å². The van der Waals surface area contributed by atoms with Gasteiger partial charge >= 0.3 is 0 Å². The minimum Gasteiger partial charge on any atom is -0.350 e. The van der Waals surface area contributed by atoms with E-state index in [9.17, 15) is 0 Å². The molecule has 0 spiro atoms. The lowest BCUT2D eigenvalue weighted by molar-refractivity contribution is 0.783. The summed E-state index contributed by atoms with van der Waals surface area (Å²) in [6.45, 7) is 0.906.